The van der Waals surface area contributed by atoms with E-state index >= 15 is 0 Å². The molecule has 1 amide bonds. The molecule has 3 rings (SSSR count). The highest BCUT2D eigenvalue weighted by Crippen LogP contribution is 2.35. The normalized spacial score (nSPS) is 28.1. The summed E-state index contributed by atoms with van der Waals surface area (Å²) in [5, 5.41) is 5.95. The second-order valence-corrected chi connectivity index (χ2v) is 6.14. The second kappa shape index (κ2) is 6.06. The van der Waals surface area contributed by atoms with E-state index in [4.69, 9.17) is 4.74 Å². The number of amides is 1. The summed E-state index contributed by atoms with van der Waals surface area (Å²) in [6, 6.07) is 5.69. The molecule has 4 heteroatoms. The highest BCUT2D eigenvalue weighted by molar-refractivity contribution is 6.02. The number of hydrogen-bond donors (Lipinski definition) is 2. The molecule has 1 aliphatic heterocycles. The fourth-order valence-corrected chi connectivity index (χ4v) is 3.51. The zero-order valence-electron chi connectivity index (χ0n) is 12.8. The fourth-order valence-electron chi connectivity index (χ4n) is 3.51. The van der Waals surface area contributed by atoms with Gasteiger partial charge < -0.3 is 15.4 Å². The van der Waals surface area contributed by atoms with Gasteiger partial charge in [0.15, 0.2) is 0 Å². The van der Waals surface area contributed by atoms with Crippen molar-refractivity contribution >= 4 is 11.6 Å². The van der Waals surface area contributed by atoms with E-state index in [9.17, 15) is 4.79 Å². The first-order valence-corrected chi connectivity index (χ1v) is 8.00. The van der Waals surface area contributed by atoms with Gasteiger partial charge in [-0.3, -0.25) is 4.79 Å². The van der Waals surface area contributed by atoms with Gasteiger partial charge in [0.1, 0.15) is 11.8 Å². The van der Waals surface area contributed by atoms with E-state index in [1.165, 1.54) is 19.3 Å². The van der Waals surface area contributed by atoms with Gasteiger partial charge in [-0.2, -0.15) is 0 Å². The van der Waals surface area contributed by atoms with Crippen LogP contribution in [-0.2, 0) is 4.79 Å². The summed E-state index contributed by atoms with van der Waals surface area (Å²) in [5.74, 6) is 1.67. The molecule has 114 valence electrons. The smallest absolute Gasteiger partial charge is 0.246 e. The minimum Gasteiger partial charge on any atom is -0.490 e. The molecule has 1 aromatic carbocycles. The zero-order valence-corrected chi connectivity index (χ0v) is 12.8. The lowest BCUT2D eigenvalue weighted by Gasteiger charge is -2.29. The Morgan fingerprint density at radius 3 is 3.00 bits per heavy atom. The minimum absolute atomic E-state index is 0.00774. The van der Waals surface area contributed by atoms with Gasteiger partial charge >= 0.3 is 0 Å². The Morgan fingerprint density at radius 1 is 1.38 bits per heavy atom. The van der Waals surface area contributed by atoms with E-state index in [2.05, 4.69) is 17.6 Å². The Morgan fingerprint density at radius 2 is 2.24 bits per heavy atom. The molecule has 1 aromatic rings. The van der Waals surface area contributed by atoms with Crippen LogP contribution in [0.1, 0.15) is 50.6 Å². The highest BCUT2D eigenvalue weighted by atomic mass is 16.5. The van der Waals surface area contributed by atoms with E-state index < -0.39 is 0 Å². The van der Waals surface area contributed by atoms with Crippen LogP contribution in [0.3, 0.4) is 0 Å². The van der Waals surface area contributed by atoms with E-state index in [0.717, 1.165) is 35.8 Å². The Hall–Kier alpha value is -1.55. The van der Waals surface area contributed by atoms with Gasteiger partial charge in [0, 0.05) is 17.3 Å². The van der Waals surface area contributed by atoms with Gasteiger partial charge in [0.25, 0.3) is 0 Å². The summed E-state index contributed by atoms with van der Waals surface area (Å²) in [4.78, 5) is 11.8. The Labute approximate surface area is 126 Å². The Bertz CT molecular complexity index is 530. The molecule has 4 nitrogen and oxygen atoms in total. The number of hydrogen-bond acceptors (Lipinski definition) is 3. The quantitative estimate of drug-likeness (QED) is 0.894. The molecule has 2 aliphatic rings. The van der Waals surface area contributed by atoms with E-state index in [1.807, 2.05) is 18.2 Å². The van der Waals surface area contributed by atoms with Crippen LogP contribution in [0.4, 0.5) is 5.69 Å². The van der Waals surface area contributed by atoms with Crippen LogP contribution in [-0.4, -0.2) is 19.1 Å². The summed E-state index contributed by atoms with van der Waals surface area (Å²) in [6.07, 6.45) is 6.44. The number of carbonyl (C=O) groups is 1. The van der Waals surface area contributed by atoms with Crippen LogP contribution < -0.4 is 15.4 Å². The van der Waals surface area contributed by atoms with Crippen LogP contribution in [0.2, 0.25) is 0 Å². The lowest BCUT2D eigenvalue weighted by atomic mass is 9.85. The number of anilines is 1. The summed E-state index contributed by atoms with van der Waals surface area (Å²) < 4.78 is 6.15. The van der Waals surface area contributed by atoms with Crippen LogP contribution in [0, 0.1) is 5.92 Å². The second-order valence-electron chi connectivity index (χ2n) is 6.14. The first-order valence-electron chi connectivity index (χ1n) is 8.00. The maximum Gasteiger partial charge on any atom is 0.246 e. The molecular weight excluding hydrogens is 264 g/mol. The zero-order chi connectivity index (χ0) is 14.8. The molecule has 1 aliphatic carbocycles. The van der Waals surface area contributed by atoms with Gasteiger partial charge in [-0.05, 0) is 38.3 Å². The topological polar surface area (TPSA) is 50.4 Å². The van der Waals surface area contributed by atoms with Gasteiger partial charge in [0.2, 0.25) is 5.91 Å². The molecular formula is C17H24N2O2. The predicted octanol–water partition coefficient (Wildman–Crippen LogP) is 3.25. The summed E-state index contributed by atoms with van der Waals surface area (Å²) >= 11 is 0. The van der Waals surface area contributed by atoms with Crippen molar-refractivity contribution in [1.29, 1.82) is 0 Å². The molecule has 0 saturated heterocycles. The lowest BCUT2D eigenvalue weighted by molar-refractivity contribution is -0.117. The summed E-state index contributed by atoms with van der Waals surface area (Å²) in [7, 11) is 1.80. The lowest BCUT2D eigenvalue weighted by Crippen LogP contribution is -2.25. The molecule has 0 spiro atoms. The van der Waals surface area contributed by atoms with Gasteiger partial charge in [-0.15, -0.1) is 0 Å². The monoisotopic (exact) mass is 288 g/mol. The van der Waals surface area contributed by atoms with Crippen LogP contribution in [0.5, 0.6) is 5.75 Å². The van der Waals surface area contributed by atoms with Crippen molar-refractivity contribution in [2.45, 2.75) is 51.2 Å². The van der Waals surface area contributed by atoms with Gasteiger partial charge in [-0.25, -0.2) is 0 Å². The van der Waals surface area contributed by atoms with Crippen molar-refractivity contribution in [2.24, 2.45) is 5.92 Å². The number of fused-ring (bicyclic) bond motifs is 1. The number of carbonyl (C=O) groups excluding carboxylic acids is 1. The summed E-state index contributed by atoms with van der Waals surface area (Å²) in [5.41, 5.74) is 1.88. The third-order valence-electron chi connectivity index (χ3n) is 4.76. The first-order chi connectivity index (χ1) is 10.2. The average Bonchev–Trinajstić information content (AvgIpc) is 2.81. The number of ether oxygens (including phenoxy) is 1. The molecule has 0 radical (unpaired) electrons. The van der Waals surface area contributed by atoms with E-state index in [-0.39, 0.29) is 11.9 Å². The van der Waals surface area contributed by atoms with Crippen molar-refractivity contribution in [2.75, 3.05) is 12.4 Å². The number of rotatable bonds is 4. The minimum atomic E-state index is -0.242. The van der Waals surface area contributed by atoms with Crippen molar-refractivity contribution in [3.8, 4) is 5.75 Å². The molecule has 2 N–H and O–H groups in total. The van der Waals surface area contributed by atoms with Gasteiger partial charge in [-0.1, -0.05) is 25.8 Å². The fraction of sp³-hybridized carbons (Fsp3) is 0.588. The van der Waals surface area contributed by atoms with Crippen LogP contribution in [0.25, 0.3) is 0 Å². The third kappa shape index (κ3) is 2.91. The van der Waals surface area contributed by atoms with Crippen LogP contribution >= 0.6 is 0 Å². The highest BCUT2D eigenvalue weighted by Gasteiger charge is 2.29. The third-order valence-corrected chi connectivity index (χ3v) is 4.76. The maximum atomic E-state index is 11.8. The summed E-state index contributed by atoms with van der Waals surface area (Å²) in [6.45, 7) is 2.26. The molecule has 3 unspecified atom stereocenters. The standard InChI is InChI=1S/C17H24N2O2/c1-3-11-5-4-6-12(9-11)21-13-7-8-14-15(10-13)19-17(20)16(14)18-2/h7-8,10-12,16,18H,3-6,9H2,1-2H3,(H,19,20). The van der Waals surface area contributed by atoms with E-state index in [0.29, 0.717) is 6.10 Å². The SMILES string of the molecule is CCC1CCCC(Oc2ccc3c(c2)NC(=O)C3NC)C1. The number of nitrogens with one attached hydrogen (secondary N) is 2. The molecule has 0 bridgehead atoms. The molecule has 1 saturated carbocycles. The van der Waals surface area contributed by atoms with E-state index in [1.54, 1.807) is 7.05 Å². The van der Waals surface area contributed by atoms with Crippen molar-refractivity contribution in [1.82, 2.24) is 5.32 Å². The first kappa shape index (κ1) is 14.4. The largest absolute Gasteiger partial charge is 0.490 e. The predicted molar refractivity (Wildman–Crippen MR) is 83.5 cm³/mol. The Kier molecular flexibility index (Phi) is 4.15. The molecule has 1 heterocycles. The molecule has 21 heavy (non-hydrogen) atoms. The molecule has 0 aromatic heterocycles. The molecule has 1 fully saturated rings. The maximum absolute atomic E-state index is 11.8. The Balaban J connectivity index is 1.71. The van der Waals surface area contributed by atoms with Crippen molar-refractivity contribution in [3.05, 3.63) is 23.8 Å². The van der Waals surface area contributed by atoms with Crippen LogP contribution in [0.15, 0.2) is 18.2 Å². The van der Waals surface area contributed by atoms with Crippen molar-refractivity contribution < 1.29 is 9.53 Å². The van der Waals surface area contributed by atoms with Gasteiger partial charge in [0.05, 0.1) is 6.10 Å². The van der Waals surface area contributed by atoms with Crippen molar-refractivity contribution in [3.63, 3.8) is 0 Å². The average molecular weight is 288 g/mol. The number of likely N-dealkylation sites (N-methyl/N-ethyl adjacent to an activating group) is 1. The molecule has 3 atom stereocenters. The number of benzene rings is 1.